The van der Waals surface area contributed by atoms with E-state index in [0.717, 1.165) is 5.56 Å². The molecule has 0 aliphatic heterocycles. The molecule has 2 aromatic carbocycles. The van der Waals surface area contributed by atoms with Crippen molar-refractivity contribution in [2.45, 2.75) is 12.8 Å². The molecule has 0 bridgehead atoms. The Bertz CT molecular complexity index is 669. The SMILES string of the molecule is Cc1ccc(C2C(=O)c3ccccc3C2=O)cc1Cl. The number of fused-ring (bicyclic) bond motifs is 1. The summed E-state index contributed by atoms with van der Waals surface area (Å²) in [6.45, 7) is 1.89. The number of carbonyl (C=O) groups excluding carboxylic acids is 2. The van der Waals surface area contributed by atoms with Gasteiger partial charge in [0.25, 0.3) is 0 Å². The van der Waals surface area contributed by atoms with Crippen LogP contribution in [0.2, 0.25) is 5.02 Å². The van der Waals surface area contributed by atoms with E-state index in [1.807, 2.05) is 13.0 Å². The highest BCUT2D eigenvalue weighted by atomic mass is 35.5. The van der Waals surface area contributed by atoms with Gasteiger partial charge in [-0.2, -0.15) is 0 Å². The Morgan fingerprint density at radius 3 is 2.05 bits per heavy atom. The molecule has 1 aliphatic carbocycles. The summed E-state index contributed by atoms with van der Waals surface area (Å²) in [6, 6.07) is 12.3. The highest BCUT2D eigenvalue weighted by Gasteiger charge is 2.39. The number of halogens is 1. The van der Waals surface area contributed by atoms with Crippen LogP contribution < -0.4 is 0 Å². The number of Topliss-reactive ketones (excluding diaryl/α,β-unsaturated/α-hetero) is 2. The summed E-state index contributed by atoms with van der Waals surface area (Å²) in [5.41, 5.74) is 2.62. The average molecular weight is 271 g/mol. The summed E-state index contributed by atoms with van der Waals surface area (Å²) < 4.78 is 0. The van der Waals surface area contributed by atoms with Gasteiger partial charge in [0, 0.05) is 16.1 Å². The fourth-order valence-electron chi connectivity index (χ4n) is 2.43. The number of rotatable bonds is 1. The fraction of sp³-hybridized carbons (Fsp3) is 0.125. The second kappa shape index (κ2) is 4.32. The molecule has 0 saturated carbocycles. The van der Waals surface area contributed by atoms with Gasteiger partial charge in [-0.05, 0) is 24.1 Å². The zero-order valence-electron chi connectivity index (χ0n) is 10.3. The normalized spacial score (nSPS) is 14.8. The molecule has 0 aromatic heterocycles. The molecule has 0 spiro atoms. The lowest BCUT2D eigenvalue weighted by Crippen LogP contribution is -2.12. The van der Waals surface area contributed by atoms with E-state index in [1.165, 1.54) is 0 Å². The minimum atomic E-state index is -0.740. The van der Waals surface area contributed by atoms with Gasteiger partial charge in [0.05, 0.1) is 0 Å². The molecule has 0 saturated heterocycles. The Morgan fingerprint density at radius 2 is 1.53 bits per heavy atom. The standard InChI is InChI=1S/C16H11ClO2/c1-9-6-7-10(8-13(9)17)14-15(18)11-4-2-3-5-12(11)16(14)19/h2-8,14H,1H3. The lowest BCUT2D eigenvalue weighted by molar-refractivity contribution is 0.0890. The number of aryl methyl sites for hydroxylation is 1. The molecule has 19 heavy (non-hydrogen) atoms. The molecule has 3 rings (SSSR count). The Morgan fingerprint density at radius 1 is 0.947 bits per heavy atom. The topological polar surface area (TPSA) is 34.1 Å². The van der Waals surface area contributed by atoms with Gasteiger partial charge in [-0.25, -0.2) is 0 Å². The first kappa shape index (κ1) is 12.1. The summed E-state index contributed by atoms with van der Waals surface area (Å²) in [7, 11) is 0. The van der Waals surface area contributed by atoms with Crippen LogP contribution in [0.25, 0.3) is 0 Å². The fourth-order valence-corrected chi connectivity index (χ4v) is 2.62. The van der Waals surface area contributed by atoms with E-state index in [4.69, 9.17) is 11.6 Å². The van der Waals surface area contributed by atoms with E-state index in [9.17, 15) is 9.59 Å². The van der Waals surface area contributed by atoms with E-state index in [2.05, 4.69) is 0 Å². The molecule has 2 aromatic rings. The number of benzene rings is 2. The average Bonchev–Trinajstić information content (AvgIpc) is 2.66. The smallest absolute Gasteiger partial charge is 0.178 e. The summed E-state index contributed by atoms with van der Waals surface area (Å²) in [5.74, 6) is -1.02. The molecular weight excluding hydrogens is 260 g/mol. The summed E-state index contributed by atoms with van der Waals surface area (Å²) in [5, 5.41) is 0.578. The van der Waals surface area contributed by atoms with E-state index >= 15 is 0 Å². The van der Waals surface area contributed by atoms with Gasteiger partial charge >= 0.3 is 0 Å². The molecule has 0 fully saturated rings. The summed E-state index contributed by atoms with van der Waals surface area (Å²) in [6.07, 6.45) is 0. The molecule has 0 heterocycles. The molecule has 0 radical (unpaired) electrons. The van der Waals surface area contributed by atoms with Crippen LogP contribution in [-0.4, -0.2) is 11.6 Å². The van der Waals surface area contributed by atoms with Gasteiger partial charge in [0.2, 0.25) is 0 Å². The molecule has 1 aliphatic rings. The molecule has 94 valence electrons. The van der Waals surface area contributed by atoms with Gasteiger partial charge in [-0.15, -0.1) is 0 Å². The molecule has 3 heteroatoms. The minimum absolute atomic E-state index is 0.138. The van der Waals surface area contributed by atoms with Crippen molar-refractivity contribution < 1.29 is 9.59 Å². The van der Waals surface area contributed by atoms with E-state index < -0.39 is 5.92 Å². The molecule has 0 amide bonds. The Labute approximate surface area is 116 Å². The van der Waals surface area contributed by atoms with Crippen LogP contribution in [0.4, 0.5) is 0 Å². The van der Waals surface area contributed by atoms with Gasteiger partial charge < -0.3 is 0 Å². The maximum absolute atomic E-state index is 12.3. The van der Waals surface area contributed by atoms with Crippen molar-refractivity contribution in [3.05, 3.63) is 69.7 Å². The molecule has 2 nitrogen and oxygen atoms in total. The third-order valence-corrected chi connectivity index (χ3v) is 3.92. The van der Waals surface area contributed by atoms with Crippen LogP contribution in [0, 0.1) is 6.92 Å². The van der Waals surface area contributed by atoms with Crippen LogP contribution in [-0.2, 0) is 0 Å². The van der Waals surface area contributed by atoms with Crippen LogP contribution in [0.3, 0.4) is 0 Å². The second-order valence-electron chi connectivity index (χ2n) is 4.72. The Hall–Kier alpha value is -1.93. The minimum Gasteiger partial charge on any atom is -0.293 e. The Balaban J connectivity index is 2.11. The summed E-state index contributed by atoms with van der Waals surface area (Å²) >= 11 is 6.08. The van der Waals surface area contributed by atoms with E-state index in [-0.39, 0.29) is 11.6 Å². The van der Waals surface area contributed by atoms with Crippen molar-refractivity contribution in [3.8, 4) is 0 Å². The van der Waals surface area contributed by atoms with Crippen LogP contribution in [0.1, 0.15) is 37.8 Å². The first-order valence-electron chi connectivity index (χ1n) is 6.03. The van der Waals surface area contributed by atoms with Gasteiger partial charge in [0.15, 0.2) is 11.6 Å². The zero-order chi connectivity index (χ0) is 13.6. The monoisotopic (exact) mass is 270 g/mol. The second-order valence-corrected chi connectivity index (χ2v) is 5.12. The van der Waals surface area contributed by atoms with Crippen molar-refractivity contribution in [2.24, 2.45) is 0 Å². The lowest BCUT2D eigenvalue weighted by atomic mass is 9.93. The van der Waals surface area contributed by atoms with Crippen molar-refractivity contribution in [1.82, 2.24) is 0 Å². The highest BCUT2D eigenvalue weighted by molar-refractivity contribution is 6.32. The van der Waals surface area contributed by atoms with Crippen molar-refractivity contribution >= 4 is 23.2 Å². The van der Waals surface area contributed by atoms with Gasteiger partial charge in [-0.1, -0.05) is 48.0 Å². The molecule has 0 atom stereocenters. The van der Waals surface area contributed by atoms with Crippen molar-refractivity contribution in [2.75, 3.05) is 0 Å². The van der Waals surface area contributed by atoms with Crippen LogP contribution in [0.15, 0.2) is 42.5 Å². The number of hydrogen-bond acceptors (Lipinski definition) is 2. The summed E-state index contributed by atoms with van der Waals surface area (Å²) in [4.78, 5) is 24.7. The predicted molar refractivity (Wildman–Crippen MR) is 74.0 cm³/mol. The van der Waals surface area contributed by atoms with Crippen LogP contribution >= 0.6 is 11.6 Å². The van der Waals surface area contributed by atoms with Crippen LogP contribution in [0.5, 0.6) is 0 Å². The van der Waals surface area contributed by atoms with Crippen molar-refractivity contribution in [1.29, 1.82) is 0 Å². The first-order valence-corrected chi connectivity index (χ1v) is 6.41. The predicted octanol–water partition coefficient (Wildman–Crippen LogP) is 3.81. The quantitative estimate of drug-likeness (QED) is 0.739. The number of hydrogen-bond donors (Lipinski definition) is 0. The van der Waals surface area contributed by atoms with E-state index in [0.29, 0.717) is 21.7 Å². The first-order chi connectivity index (χ1) is 9.09. The highest BCUT2D eigenvalue weighted by Crippen LogP contribution is 2.35. The molecular formula is C16H11ClO2. The third kappa shape index (κ3) is 1.80. The van der Waals surface area contributed by atoms with E-state index in [1.54, 1.807) is 36.4 Å². The number of carbonyl (C=O) groups is 2. The number of ketones is 2. The van der Waals surface area contributed by atoms with Crippen molar-refractivity contribution in [3.63, 3.8) is 0 Å². The zero-order valence-corrected chi connectivity index (χ0v) is 11.1. The van der Waals surface area contributed by atoms with Gasteiger partial charge in [-0.3, -0.25) is 9.59 Å². The Kier molecular flexibility index (Phi) is 2.76. The largest absolute Gasteiger partial charge is 0.293 e. The maximum atomic E-state index is 12.3. The molecule has 0 N–H and O–H groups in total. The molecule has 0 unspecified atom stereocenters. The lowest BCUT2D eigenvalue weighted by Gasteiger charge is -2.08. The maximum Gasteiger partial charge on any atom is 0.178 e. The van der Waals surface area contributed by atoms with Gasteiger partial charge in [0.1, 0.15) is 5.92 Å². The third-order valence-electron chi connectivity index (χ3n) is 3.51.